The highest BCUT2D eigenvalue weighted by molar-refractivity contribution is 7.92. The van der Waals surface area contributed by atoms with Gasteiger partial charge in [0.15, 0.2) is 0 Å². The van der Waals surface area contributed by atoms with Crippen LogP contribution in [0.3, 0.4) is 0 Å². The van der Waals surface area contributed by atoms with Gasteiger partial charge in [-0.2, -0.15) is 0 Å². The van der Waals surface area contributed by atoms with Crippen LogP contribution in [-0.2, 0) is 10.0 Å². The van der Waals surface area contributed by atoms with Crippen molar-refractivity contribution in [1.82, 2.24) is 9.97 Å². The smallest absolute Gasteiger partial charge is 0.266 e. The molecule has 0 saturated heterocycles. The molecule has 0 fully saturated rings. The summed E-state index contributed by atoms with van der Waals surface area (Å²) in [6.45, 7) is 2.42. The Morgan fingerprint density at radius 2 is 2.05 bits per heavy atom. The number of hydrogen-bond donors (Lipinski definition) is 2. The monoisotopic (exact) mass is 296 g/mol. The highest BCUT2D eigenvalue weighted by atomic mass is 32.2. The van der Waals surface area contributed by atoms with Crippen LogP contribution in [0.2, 0.25) is 0 Å². The molecule has 0 radical (unpaired) electrons. The Hall–Kier alpha value is -2.22. The lowest BCUT2D eigenvalue weighted by atomic mass is 10.4. The van der Waals surface area contributed by atoms with Gasteiger partial charge in [0.1, 0.15) is 16.5 Å². The van der Waals surface area contributed by atoms with E-state index in [1.165, 1.54) is 18.5 Å². The molecule has 0 bridgehead atoms. The van der Waals surface area contributed by atoms with Crippen molar-refractivity contribution >= 4 is 21.5 Å². The van der Waals surface area contributed by atoms with E-state index in [0.717, 1.165) is 12.3 Å². The largest absolute Gasteiger partial charge is 0.384 e. The number of anilines is 2. The maximum Gasteiger partial charge on any atom is 0.266 e. The van der Waals surface area contributed by atoms with Gasteiger partial charge in [0.25, 0.3) is 10.0 Å². The first kappa shape index (κ1) is 14.2. The number of halogens is 1. The van der Waals surface area contributed by atoms with Crippen LogP contribution in [0.1, 0.15) is 6.92 Å². The Bertz CT molecular complexity index is 689. The third-order valence-electron chi connectivity index (χ3n) is 2.41. The quantitative estimate of drug-likeness (QED) is 0.879. The van der Waals surface area contributed by atoms with E-state index in [-0.39, 0.29) is 10.7 Å². The lowest BCUT2D eigenvalue weighted by Crippen LogP contribution is -2.16. The summed E-state index contributed by atoms with van der Waals surface area (Å²) in [5, 5.41) is 2.94. The molecule has 20 heavy (non-hydrogen) atoms. The summed E-state index contributed by atoms with van der Waals surface area (Å²) >= 11 is 0. The third-order valence-corrected chi connectivity index (χ3v) is 3.79. The molecule has 0 aliphatic carbocycles. The van der Waals surface area contributed by atoms with Gasteiger partial charge < -0.3 is 5.32 Å². The predicted octanol–water partition coefficient (Wildman–Crippen LogP) is 1.85. The molecule has 2 N–H and O–H groups in total. The van der Waals surface area contributed by atoms with Crippen molar-refractivity contribution in [3.63, 3.8) is 0 Å². The molecule has 2 heterocycles. The molecule has 0 aliphatic rings. The standard InChI is InChI=1S/C12H13FN4O2S/c1-2-15-10-5-6-14-8-11(10)20(18,19)17-12-4-3-9(13)7-16-12/h3-8H,2H2,1H3,(H,14,15)(H,16,17). The maximum atomic E-state index is 12.7. The van der Waals surface area contributed by atoms with Crippen LogP contribution in [-0.4, -0.2) is 24.9 Å². The van der Waals surface area contributed by atoms with Gasteiger partial charge in [-0.05, 0) is 25.1 Å². The summed E-state index contributed by atoms with van der Waals surface area (Å²) in [6.07, 6.45) is 3.67. The summed E-state index contributed by atoms with van der Waals surface area (Å²) in [4.78, 5) is 7.48. The van der Waals surface area contributed by atoms with E-state index in [4.69, 9.17) is 0 Å². The zero-order chi connectivity index (χ0) is 14.6. The summed E-state index contributed by atoms with van der Waals surface area (Å²) < 4.78 is 39.5. The van der Waals surface area contributed by atoms with Crippen LogP contribution >= 0.6 is 0 Å². The molecule has 6 nitrogen and oxygen atoms in total. The van der Waals surface area contributed by atoms with Crippen LogP contribution in [0.4, 0.5) is 15.9 Å². The molecule has 0 spiro atoms. The summed E-state index contributed by atoms with van der Waals surface area (Å²) in [7, 11) is -3.84. The fraction of sp³-hybridized carbons (Fsp3) is 0.167. The fourth-order valence-electron chi connectivity index (χ4n) is 1.56. The second-order valence-corrected chi connectivity index (χ2v) is 5.52. The zero-order valence-electron chi connectivity index (χ0n) is 10.7. The molecule has 0 saturated carbocycles. The molecule has 0 amide bonds. The van der Waals surface area contributed by atoms with Crippen molar-refractivity contribution < 1.29 is 12.8 Å². The Morgan fingerprint density at radius 1 is 1.25 bits per heavy atom. The molecule has 0 aromatic carbocycles. The average molecular weight is 296 g/mol. The summed E-state index contributed by atoms with van der Waals surface area (Å²) in [5.74, 6) is -0.500. The zero-order valence-corrected chi connectivity index (χ0v) is 11.5. The Kier molecular flexibility index (Phi) is 4.14. The molecular formula is C12H13FN4O2S. The van der Waals surface area contributed by atoms with Crippen LogP contribution in [0, 0.1) is 5.82 Å². The molecule has 0 unspecified atom stereocenters. The van der Waals surface area contributed by atoms with Gasteiger partial charge in [-0.3, -0.25) is 9.71 Å². The van der Waals surface area contributed by atoms with Crippen molar-refractivity contribution in [2.24, 2.45) is 0 Å². The Balaban J connectivity index is 2.33. The van der Waals surface area contributed by atoms with Gasteiger partial charge in [-0.15, -0.1) is 0 Å². The summed E-state index contributed by atoms with van der Waals surface area (Å²) in [6, 6.07) is 3.94. The van der Waals surface area contributed by atoms with E-state index >= 15 is 0 Å². The topological polar surface area (TPSA) is 84.0 Å². The SMILES string of the molecule is CCNc1ccncc1S(=O)(=O)Nc1ccc(F)cn1. The van der Waals surface area contributed by atoms with Gasteiger partial charge >= 0.3 is 0 Å². The van der Waals surface area contributed by atoms with E-state index in [1.54, 1.807) is 6.07 Å². The van der Waals surface area contributed by atoms with E-state index in [2.05, 4.69) is 20.0 Å². The number of rotatable bonds is 5. The highest BCUT2D eigenvalue weighted by Crippen LogP contribution is 2.21. The van der Waals surface area contributed by atoms with Crippen molar-refractivity contribution in [3.8, 4) is 0 Å². The van der Waals surface area contributed by atoms with Gasteiger partial charge in [-0.25, -0.2) is 17.8 Å². The number of pyridine rings is 2. The number of sulfonamides is 1. The minimum absolute atomic E-state index is 0.00738. The van der Waals surface area contributed by atoms with Crippen molar-refractivity contribution in [3.05, 3.63) is 42.6 Å². The number of hydrogen-bond acceptors (Lipinski definition) is 5. The van der Waals surface area contributed by atoms with Gasteiger partial charge in [-0.1, -0.05) is 0 Å². The minimum atomic E-state index is -3.84. The molecule has 106 valence electrons. The summed E-state index contributed by atoms with van der Waals surface area (Å²) in [5.41, 5.74) is 0.442. The Morgan fingerprint density at radius 3 is 2.70 bits per heavy atom. The maximum absolute atomic E-state index is 12.7. The van der Waals surface area contributed by atoms with E-state index < -0.39 is 15.8 Å². The van der Waals surface area contributed by atoms with Crippen LogP contribution in [0.15, 0.2) is 41.7 Å². The number of nitrogens with zero attached hydrogens (tertiary/aromatic N) is 2. The first-order valence-electron chi connectivity index (χ1n) is 5.85. The molecule has 2 rings (SSSR count). The van der Waals surface area contributed by atoms with Crippen molar-refractivity contribution in [1.29, 1.82) is 0 Å². The van der Waals surface area contributed by atoms with E-state index in [1.807, 2.05) is 6.92 Å². The van der Waals surface area contributed by atoms with Crippen molar-refractivity contribution in [2.45, 2.75) is 11.8 Å². The second-order valence-electron chi connectivity index (χ2n) is 3.87. The average Bonchev–Trinajstić information content (AvgIpc) is 2.42. The van der Waals surface area contributed by atoms with Crippen LogP contribution in [0.5, 0.6) is 0 Å². The number of aromatic nitrogens is 2. The van der Waals surface area contributed by atoms with Gasteiger partial charge in [0.2, 0.25) is 0 Å². The van der Waals surface area contributed by atoms with Gasteiger partial charge in [0, 0.05) is 18.9 Å². The lowest BCUT2D eigenvalue weighted by Gasteiger charge is -2.11. The minimum Gasteiger partial charge on any atom is -0.384 e. The second kappa shape index (κ2) is 5.83. The first-order valence-corrected chi connectivity index (χ1v) is 7.33. The first-order chi connectivity index (χ1) is 9.53. The molecule has 0 aliphatic heterocycles. The molecule has 0 atom stereocenters. The molecule has 2 aromatic heterocycles. The van der Waals surface area contributed by atoms with Crippen molar-refractivity contribution in [2.75, 3.05) is 16.6 Å². The molecule has 8 heteroatoms. The predicted molar refractivity (Wildman–Crippen MR) is 73.4 cm³/mol. The number of nitrogens with one attached hydrogen (secondary N) is 2. The van der Waals surface area contributed by atoms with Gasteiger partial charge in [0.05, 0.1) is 11.9 Å². The fourth-order valence-corrected chi connectivity index (χ4v) is 2.69. The highest BCUT2D eigenvalue weighted by Gasteiger charge is 2.19. The van der Waals surface area contributed by atoms with E-state index in [9.17, 15) is 12.8 Å². The normalized spacial score (nSPS) is 11.1. The van der Waals surface area contributed by atoms with Crippen LogP contribution in [0.25, 0.3) is 0 Å². The third kappa shape index (κ3) is 3.21. The van der Waals surface area contributed by atoms with E-state index in [0.29, 0.717) is 12.2 Å². The Labute approximate surface area is 116 Å². The lowest BCUT2D eigenvalue weighted by molar-refractivity contribution is 0.600. The molecular weight excluding hydrogens is 283 g/mol. The molecule has 2 aromatic rings. The van der Waals surface area contributed by atoms with Crippen LogP contribution < -0.4 is 10.0 Å².